The molecule has 0 aliphatic rings. The quantitative estimate of drug-likeness (QED) is 0.869. The van der Waals surface area contributed by atoms with Crippen LogP contribution in [0, 0.1) is 13.8 Å². The molecule has 0 saturated carbocycles. The van der Waals surface area contributed by atoms with Crippen LogP contribution >= 0.6 is 0 Å². The minimum absolute atomic E-state index is 0.295. The van der Waals surface area contributed by atoms with Crippen molar-refractivity contribution in [3.63, 3.8) is 0 Å². The van der Waals surface area contributed by atoms with E-state index in [4.69, 9.17) is 0 Å². The highest BCUT2D eigenvalue weighted by molar-refractivity contribution is 5.27. The van der Waals surface area contributed by atoms with Crippen molar-refractivity contribution in [2.24, 2.45) is 7.05 Å². The fourth-order valence-corrected chi connectivity index (χ4v) is 2.68. The van der Waals surface area contributed by atoms with Gasteiger partial charge >= 0.3 is 0 Å². The van der Waals surface area contributed by atoms with Gasteiger partial charge in [-0.1, -0.05) is 0 Å². The SMILES string of the molecule is CCn1nc(C)c(C(C)NCCc2nncn2C)c1C. The molecule has 110 valence electrons. The number of nitrogens with one attached hydrogen (secondary N) is 1. The van der Waals surface area contributed by atoms with Crippen LogP contribution in [0.2, 0.25) is 0 Å². The zero-order valence-electron chi connectivity index (χ0n) is 13.0. The molecular formula is C14H24N6. The smallest absolute Gasteiger partial charge is 0.133 e. The molecule has 0 bridgehead atoms. The molecule has 1 atom stereocenters. The van der Waals surface area contributed by atoms with Gasteiger partial charge in [0.05, 0.1) is 5.69 Å². The molecule has 2 rings (SSSR count). The number of hydrogen-bond acceptors (Lipinski definition) is 4. The van der Waals surface area contributed by atoms with Gasteiger partial charge in [0, 0.05) is 43.9 Å². The first-order valence-electron chi connectivity index (χ1n) is 7.14. The molecule has 0 amide bonds. The number of hydrogen-bond donors (Lipinski definition) is 1. The molecule has 0 aromatic carbocycles. The standard InChI is InChI=1S/C14H24N6/c1-6-20-12(4)14(11(3)18-20)10(2)15-8-7-13-17-16-9-19(13)5/h9-10,15H,6-8H2,1-5H3. The molecule has 0 aliphatic carbocycles. The summed E-state index contributed by atoms with van der Waals surface area (Å²) in [5.74, 6) is 1.00. The first-order valence-corrected chi connectivity index (χ1v) is 7.14. The Kier molecular flexibility index (Phi) is 4.54. The van der Waals surface area contributed by atoms with E-state index in [-0.39, 0.29) is 0 Å². The first-order chi connectivity index (χ1) is 9.54. The third-order valence-corrected chi connectivity index (χ3v) is 3.77. The van der Waals surface area contributed by atoms with Gasteiger partial charge in [-0.15, -0.1) is 10.2 Å². The fraction of sp³-hybridized carbons (Fsp3) is 0.643. The van der Waals surface area contributed by atoms with Gasteiger partial charge in [-0.05, 0) is 27.7 Å². The van der Waals surface area contributed by atoms with E-state index in [9.17, 15) is 0 Å². The van der Waals surface area contributed by atoms with Crippen LogP contribution in [0.4, 0.5) is 0 Å². The monoisotopic (exact) mass is 276 g/mol. The van der Waals surface area contributed by atoms with Gasteiger partial charge in [0.15, 0.2) is 0 Å². The van der Waals surface area contributed by atoms with Crippen molar-refractivity contribution >= 4 is 0 Å². The highest BCUT2D eigenvalue weighted by Gasteiger charge is 2.16. The highest BCUT2D eigenvalue weighted by Crippen LogP contribution is 2.21. The van der Waals surface area contributed by atoms with Gasteiger partial charge in [-0.2, -0.15) is 5.10 Å². The van der Waals surface area contributed by atoms with Crippen LogP contribution in [-0.4, -0.2) is 31.1 Å². The number of aryl methyl sites for hydroxylation is 3. The van der Waals surface area contributed by atoms with Crippen molar-refractivity contribution in [3.8, 4) is 0 Å². The molecule has 2 aromatic rings. The van der Waals surface area contributed by atoms with E-state index in [1.165, 1.54) is 11.3 Å². The van der Waals surface area contributed by atoms with Gasteiger partial charge in [0.25, 0.3) is 0 Å². The Bertz CT molecular complexity index is 568. The summed E-state index contributed by atoms with van der Waals surface area (Å²) in [6.07, 6.45) is 2.61. The van der Waals surface area contributed by atoms with Crippen molar-refractivity contribution in [1.29, 1.82) is 0 Å². The lowest BCUT2D eigenvalue weighted by molar-refractivity contribution is 0.558. The van der Waals surface area contributed by atoms with Crippen molar-refractivity contribution in [2.45, 2.75) is 46.7 Å². The summed E-state index contributed by atoms with van der Waals surface area (Å²) in [6, 6.07) is 0.295. The van der Waals surface area contributed by atoms with E-state index in [0.717, 1.165) is 31.0 Å². The molecular weight excluding hydrogens is 252 g/mol. The lowest BCUT2D eigenvalue weighted by Crippen LogP contribution is -2.23. The van der Waals surface area contributed by atoms with Crippen LogP contribution < -0.4 is 5.32 Å². The summed E-state index contributed by atoms with van der Waals surface area (Å²) in [4.78, 5) is 0. The molecule has 0 aliphatic heterocycles. The van der Waals surface area contributed by atoms with Crippen molar-refractivity contribution in [1.82, 2.24) is 29.9 Å². The lowest BCUT2D eigenvalue weighted by Gasteiger charge is -2.14. The van der Waals surface area contributed by atoms with Gasteiger partial charge in [-0.3, -0.25) is 4.68 Å². The second kappa shape index (κ2) is 6.17. The molecule has 0 radical (unpaired) electrons. The predicted octanol–water partition coefficient (Wildman–Crippen LogP) is 1.54. The van der Waals surface area contributed by atoms with Gasteiger partial charge in [0.1, 0.15) is 12.2 Å². The average molecular weight is 276 g/mol. The van der Waals surface area contributed by atoms with E-state index in [1.54, 1.807) is 6.33 Å². The number of nitrogens with zero attached hydrogens (tertiary/aromatic N) is 5. The van der Waals surface area contributed by atoms with E-state index in [2.05, 4.69) is 53.0 Å². The zero-order chi connectivity index (χ0) is 14.7. The maximum Gasteiger partial charge on any atom is 0.133 e. The van der Waals surface area contributed by atoms with Gasteiger partial charge in [-0.25, -0.2) is 0 Å². The molecule has 2 aromatic heterocycles. The molecule has 0 spiro atoms. The fourth-order valence-electron chi connectivity index (χ4n) is 2.68. The van der Waals surface area contributed by atoms with Gasteiger partial charge < -0.3 is 9.88 Å². The maximum absolute atomic E-state index is 4.57. The summed E-state index contributed by atoms with van der Waals surface area (Å²) in [5, 5.41) is 16.1. The Labute approximate surface area is 120 Å². The van der Waals surface area contributed by atoms with E-state index < -0.39 is 0 Å². The average Bonchev–Trinajstić information content (AvgIpc) is 2.93. The summed E-state index contributed by atoms with van der Waals surface area (Å²) in [7, 11) is 1.97. The highest BCUT2D eigenvalue weighted by atomic mass is 15.3. The topological polar surface area (TPSA) is 60.6 Å². The van der Waals surface area contributed by atoms with Crippen LogP contribution in [0.3, 0.4) is 0 Å². The summed E-state index contributed by atoms with van der Waals surface area (Å²) >= 11 is 0. The third-order valence-electron chi connectivity index (χ3n) is 3.77. The third kappa shape index (κ3) is 2.90. The Hall–Kier alpha value is -1.69. The second-order valence-corrected chi connectivity index (χ2v) is 5.18. The van der Waals surface area contributed by atoms with Gasteiger partial charge in [0.2, 0.25) is 0 Å². The van der Waals surface area contributed by atoms with Crippen LogP contribution in [0.15, 0.2) is 6.33 Å². The van der Waals surface area contributed by atoms with Crippen LogP contribution in [-0.2, 0) is 20.0 Å². The summed E-state index contributed by atoms with van der Waals surface area (Å²) < 4.78 is 4.02. The Balaban J connectivity index is 1.97. The molecule has 0 fully saturated rings. The van der Waals surface area contributed by atoms with Crippen molar-refractivity contribution in [2.75, 3.05) is 6.54 Å². The zero-order valence-corrected chi connectivity index (χ0v) is 13.0. The predicted molar refractivity (Wildman–Crippen MR) is 78.5 cm³/mol. The van der Waals surface area contributed by atoms with E-state index in [0.29, 0.717) is 6.04 Å². The minimum Gasteiger partial charge on any atom is -0.321 e. The van der Waals surface area contributed by atoms with E-state index >= 15 is 0 Å². The van der Waals surface area contributed by atoms with Crippen LogP contribution in [0.1, 0.15) is 42.7 Å². The maximum atomic E-state index is 4.57. The Morgan fingerprint density at radius 2 is 2.10 bits per heavy atom. The molecule has 2 heterocycles. The number of aromatic nitrogens is 5. The van der Waals surface area contributed by atoms with Crippen molar-refractivity contribution in [3.05, 3.63) is 29.1 Å². The molecule has 20 heavy (non-hydrogen) atoms. The van der Waals surface area contributed by atoms with E-state index in [1.807, 2.05) is 11.6 Å². The molecule has 0 saturated heterocycles. The molecule has 6 heteroatoms. The minimum atomic E-state index is 0.295. The summed E-state index contributed by atoms with van der Waals surface area (Å²) in [6.45, 7) is 10.3. The molecule has 1 N–H and O–H groups in total. The van der Waals surface area contributed by atoms with Crippen molar-refractivity contribution < 1.29 is 0 Å². The second-order valence-electron chi connectivity index (χ2n) is 5.18. The van der Waals surface area contributed by atoms with Crippen LogP contribution in [0.25, 0.3) is 0 Å². The normalized spacial score (nSPS) is 12.8. The number of rotatable bonds is 6. The van der Waals surface area contributed by atoms with Crippen LogP contribution in [0.5, 0.6) is 0 Å². The molecule has 1 unspecified atom stereocenters. The lowest BCUT2D eigenvalue weighted by atomic mass is 10.1. The Morgan fingerprint density at radius 1 is 1.35 bits per heavy atom. The first kappa shape index (κ1) is 14.7. The largest absolute Gasteiger partial charge is 0.321 e. The molecule has 6 nitrogen and oxygen atoms in total. The summed E-state index contributed by atoms with van der Waals surface area (Å²) in [5.41, 5.74) is 3.68. The Morgan fingerprint density at radius 3 is 2.65 bits per heavy atom.